The smallest absolute Gasteiger partial charge is 0.410 e. The summed E-state index contributed by atoms with van der Waals surface area (Å²) in [4.78, 5) is 14.0. The molecule has 0 aromatic heterocycles. The van der Waals surface area contributed by atoms with Crippen LogP contribution in [0.15, 0.2) is 58.3 Å². The Kier molecular flexibility index (Phi) is 7.32. The molecular weight excluding hydrogens is 468 g/mol. The number of rotatable bonds is 4. The topological polar surface area (TPSA) is 38.8 Å². The van der Waals surface area contributed by atoms with E-state index in [0.29, 0.717) is 5.56 Å². The highest BCUT2D eigenvalue weighted by Gasteiger charge is 2.32. The third-order valence-electron chi connectivity index (χ3n) is 4.12. The van der Waals surface area contributed by atoms with Crippen molar-refractivity contribution in [3.63, 3.8) is 0 Å². The number of ether oxygens (including phenoxy) is 2. The van der Waals surface area contributed by atoms with Gasteiger partial charge in [-0.3, -0.25) is 4.90 Å². The van der Waals surface area contributed by atoms with Gasteiger partial charge in [-0.2, -0.15) is 26.3 Å². The fourth-order valence-corrected chi connectivity index (χ4v) is 3.94. The average molecular weight is 483 g/mol. The molecule has 1 aliphatic heterocycles. The Hall–Kier alpha value is -2.05. The van der Waals surface area contributed by atoms with Crippen LogP contribution in [-0.2, 0) is 4.74 Å². The minimum Gasteiger partial charge on any atom is -0.410 e. The molecular formula is C19H15F6NO3S2. The summed E-state index contributed by atoms with van der Waals surface area (Å²) in [6, 6.07) is 9.89. The van der Waals surface area contributed by atoms with Crippen LogP contribution in [0.2, 0.25) is 0 Å². The lowest BCUT2D eigenvalue weighted by molar-refractivity contribution is -0.0337. The molecule has 1 heterocycles. The van der Waals surface area contributed by atoms with Gasteiger partial charge in [-0.25, -0.2) is 4.79 Å². The molecule has 1 saturated heterocycles. The molecule has 0 saturated carbocycles. The van der Waals surface area contributed by atoms with Crippen LogP contribution in [0.25, 0.3) is 0 Å². The van der Waals surface area contributed by atoms with Crippen LogP contribution in [0.3, 0.4) is 0 Å². The molecule has 168 valence electrons. The average Bonchev–Trinajstić information content (AvgIpc) is 2.68. The normalized spacial score (nSPS) is 17.5. The van der Waals surface area contributed by atoms with Gasteiger partial charge in [0.15, 0.2) is 0 Å². The van der Waals surface area contributed by atoms with E-state index in [9.17, 15) is 31.1 Å². The Balaban J connectivity index is 1.68. The number of benzene rings is 2. The number of halogens is 6. The van der Waals surface area contributed by atoms with Crippen molar-refractivity contribution in [2.45, 2.75) is 26.8 Å². The van der Waals surface area contributed by atoms with E-state index in [4.69, 9.17) is 9.47 Å². The minimum atomic E-state index is -4.42. The zero-order valence-electron chi connectivity index (χ0n) is 15.6. The molecule has 0 spiro atoms. The van der Waals surface area contributed by atoms with Crippen molar-refractivity contribution in [3.8, 4) is 5.75 Å². The molecule has 1 fully saturated rings. The van der Waals surface area contributed by atoms with Crippen LogP contribution in [0.5, 0.6) is 5.75 Å². The highest BCUT2D eigenvalue weighted by atomic mass is 32.2. The van der Waals surface area contributed by atoms with Crippen molar-refractivity contribution in [2.24, 2.45) is 0 Å². The number of thioether (sulfide) groups is 2. The summed E-state index contributed by atoms with van der Waals surface area (Å²) in [7, 11) is 0. The van der Waals surface area contributed by atoms with E-state index >= 15 is 0 Å². The molecule has 0 aliphatic carbocycles. The van der Waals surface area contributed by atoms with Crippen LogP contribution in [0.1, 0.15) is 11.6 Å². The number of hydrogen-bond donors (Lipinski definition) is 0. The molecule has 12 heteroatoms. The lowest BCUT2D eigenvalue weighted by atomic mass is 10.1. The van der Waals surface area contributed by atoms with E-state index in [2.05, 4.69) is 0 Å². The molecule has 2 aromatic carbocycles. The number of morpholine rings is 1. The standard InChI is InChI=1S/C19H15F6NO3S2/c20-18(21,22)30-14-5-1-12(2-6-14)16-11-28-10-9-26(16)17(27)29-13-3-7-15(8-4-13)31-19(23,24)25/h1-8,16H,9-11H2. The van der Waals surface area contributed by atoms with E-state index in [-0.39, 0.29) is 58.8 Å². The summed E-state index contributed by atoms with van der Waals surface area (Å²) < 4.78 is 85.4. The summed E-state index contributed by atoms with van der Waals surface area (Å²) >= 11 is -0.520. The molecule has 1 aliphatic rings. The molecule has 2 aromatic rings. The first-order chi connectivity index (χ1) is 14.5. The molecule has 1 amide bonds. The molecule has 4 nitrogen and oxygen atoms in total. The Morgan fingerprint density at radius 1 is 0.903 bits per heavy atom. The zero-order chi connectivity index (χ0) is 22.6. The Bertz CT molecular complexity index is 888. The van der Waals surface area contributed by atoms with Gasteiger partial charge in [-0.1, -0.05) is 12.1 Å². The second kappa shape index (κ2) is 9.61. The van der Waals surface area contributed by atoms with Crippen LogP contribution in [0, 0.1) is 0 Å². The zero-order valence-corrected chi connectivity index (χ0v) is 17.2. The lowest BCUT2D eigenvalue weighted by Crippen LogP contribution is -2.44. The van der Waals surface area contributed by atoms with Crippen molar-refractivity contribution in [1.29, 1.82) is 0 Å². The van der Waals surface area contributed by atoms with Crippen molar-refractivity contribution in [1.82, 2.24) is 4.90 Å². The largest absolute Gasteiger partial charge is 0.446 e. The predicted molar refractivity (Wildman–Crippen MR) is 103 cm³/mol. The molecule has 1 atom stereocenters. The van der Waals surface area contributed by atoms with Gasteiger partial charge in [0.1, 0.15) is 5.75 Å². The Morgan fingerprint density at radius 3 is 1.94 bits per heavy atom. The van der Waals surface area contributed by atoms with E-state index in [1.807, 2.05) is 0 Å². The molecule has 3 rings (SSSR count). The van der Waals surface area contributed by atoms with Gasteiger partial charge in [0.25, 0.3) is 0 Å². The van der Waals surface area contributed by atoms with Gasteiger partial charge in [-0.05, 0) is 65.5 Å². The van der Waals surface area contributed by atoms with Crippen LogP contribution in [0.4, 0.5) is 31.1 Å². The van der Waals surface area contributed by atoms with Gasteiger partial charge in [0, 0.05) is 16.3 Å². The number of carbonyl (C=O) groups is 1. The van der Waals surface area contributed by atoms with Gasteiger partial charge >= 0.3 is 17.1 Å². The van der Waals surface area contributed by atoms with Crippen LogP contribution < -0.4 is 4.74 Å². The number of nitrogens with zero attached hydrogens (tertiary/aromatic N) is 1. The SMILES string of the molecule is O=C(Oc1ccc(SC(F)(F)F)cc1)N1CCOCC1c1ccc(SC(F)(F)F)cc1. The quantitative estimate of drug-likeness (QED) is 0.368. The van der Waals surface area contributed by atoms with Crippen molar-refractivity contribution in [3.05, 3.63) is 54.1 Å². The fourth-order valence-electron chi connectivity index (χ4n) is 2.86. The second-order valence-corrected chi connectivity index (χ2v) is 8.56. The molecule has 0 bridgehead atoms. The number of hydrogen-bond acceptors (Lipinski definition) is 5. The first-order valence-electron chi connectivity index (χ1n) is 8.78. The maximum atomic E-state index is 12.6. The predicted octanol–water partition coefficient (Wildman–Crippen LogP) is 6.48. The molecule has 1 unspecified atom stereocenters. The van der Waals surface area contributed by atoms with Gasteiger partial charge in [0.05, 0.1) is 19.3 Å². The summed E-state index contributed by atoms with van der Waals surface area (Å²) in [5.74, 6) is 0.0682. The lowest BCUT2D eigenvalue weighted by Gasteiger charge is -2.35. The van der Waals surface area contributed by atoms with Crippen molar-refractivity contribution in [2.75, 3.05) is 19.8 Å². The van der Waals surface area contributed by atoms with Gasteiger partial charge in [0.2, 0.25) is 0 Å². The first kappa shape index (κ1) is 23.6. The fraction of sp³-hybridized carbons (Fsp3) is 0.316. The van der Waals surface area contributed by atoms with Crippen molar-refractivity contribution < 1.29 is 40.6 Å². The van der Waals surface area contributed by atoms with Crippen LogP contribution in [-0.4, -0.2) is 41.8 Å². The molecule has 0 N–H and O–H groups in total. The summed E-state index contributed by atoms with van der Waals surface area (Å²) in [5, 5.41) is 0. The Morgan fingerprint density at radius 2 is 1.42 bits per heavy atom. The van der Waals surface area contributed by atoms with Gasteiger partial charge in [-0.15, -0.1) is 0 Å². The third-order valence-corrected chi connectivity index (χ3v) is 5.60. The highest BCUT2D eigenvalue weighted by Crippen LogP contribution is 2.38. The van der Waals surface area contributed by atoms with E-state index < -0.39 is 23.2 Å². The second-order valence-electron chi connectivity index (χ2n) is 6.29. The van der Waals surface area contributed by atoms with Gasteiger partial charge < -0.3 is 9.47 Å². The Labute approximate surface area is 181 Å². The van der Waals surface area contributed by atoms with E-state index in [1.165, 1.54) is 53.4 Å². The monoisotopic (exact) mass is 483 g/mol. The first-order valence-corrected chi connectivity index (χ1v) is 10.4. The summed E-state index contributed by atoms with van der Waals surface area (Å²) in [6.07, 6.45) is -0.738. The van der Waals surface area contributed by atoms with Crippen LogP contribution >= 0.6 is 23.5 Å². The highest BCUT2D eigenvalue weighted by molar-refractivity contribution is 8.00. The van der Waals surface area contributed by atoms with E-state index in [0.717, 1.165) is 0 Å². The molecule has 0 radical (unpaired) electrons. The molecule has 31 heavy (non-hydrogen) atoms. The maximum Gasteiger partial charge on any atom is 0.446 e. The van der Waals surface area contributed by atoms with Crippen molar-refractivity contribution >= 4 is 29.6 Å². The number of amides is 1. The maximum absolute atomic E-state index is 12.6. The number of alkyl halides is 6. The number of carbonyl (C=O) groups excluding carboxylic acids is 1. The summed E-state index contributed by atoms with van der Waals surface area (Å²) in [6.45, 7) is 0.557. The minimum absolute atomic E-state index is 0.0129. The van der Waals surface area contributed by atoms with E-state index in [1.54, 1.807) is 0 Å². The summed E-state index contributed by atoms with van der Waals surface area (Å²) in [5.41, 5.74) is -8.26. The third kappa shape index (κ3) is 7.25.